The standard InChI is InChI=1S/C23H20ClF2N5O2/c1-12-20(24)23(32)31-11-18(13-5-6-33-19(8-13)15-9-27-30(2)10-15)29-21(22(31)28-12)14-3-4-16(25)17(26)7-14/h3-4,7,9-11,13,19H,5-6,8H2,1-2H3. The van der Waals surface area contributed by atoms with Gasteiger partial charge in [-0.05, 0) is 38.0 Å². The van der Waals surface area contributed by atoms with Crippen LogP contribution in [-0.2, 0) is 11.8 Å². The molecule has 2 atom stereocenters. The molecule has 1 fully saturated rings. The van der Waals surface area contributed by atoms with E-state index < -0.39 is 17.2 Å². The lowest BCUT2D eigenvalue weighted by Gasteiger charge is -2.29. The van der Waals surface area contributed by atoms with Crippen LogP contribution in [0.4, 0.5) is 8.78 Å². The minimum atomic E-state index is -1.01. The second-order valence-corrected chi connectivity index (χ2v) is 8.56. The van der Waals surface area contributed by atoms with Crippen molar-refractivity contribution in [2.24, 2.45) is 7.05 Å². The first-order valence-corrected chi connectivity index (χ1v) is 10.8. The van der Waals surface area contributed by atoms with Gasteiger partial charge in [0, 0.05) is 43.1 Å². The summed E-state index contributed by atoms with van der Waals surface area (Å²) in [4.78, 5) is 22.2. The van der Waals surface area contributed by atoms with Crippen LogP contribution in [0.15, 0.2) is 41.6 Å². The minimum Gasteiger partial charge on any atom is -0.373 e. The SMILES string of the molecule is Cc1nc2c(-c3ccc(F)c(F)c3)nc(C3CCOC(c4cnn(C)c4)C3)cn2c(=O)c1Cl. The third-order valence-corrected chi connectivity index (χ3v) is 6.37. The van der Waals surface area contributed by atoms with Crippen molar-refractivity contribution in [1.29, 1.82) is 0 Å². The van der Waals surface area contributed by atoms with Gasteiger partial charge in [-0.25, -0.2) is 18.7 Å². The molecule has 0 saturated carbocycles. The van der Waals surface area contributed by atoms with Crippen molar-refractivity contribution in [1.82, 2.24) is 24.1 Å². The molecular weight excluding hydrogens is 452 g/mol. The number of halogens is 3. The maximum Gasteiger partial charge on any atom is 0.277 e. The molecule has 0 radical (unpaired) electrons. The molecule has 0 N–H and O–H groups in total. The van der Waals surface area contributed by atoms with Gasteiger partial charge in [0.05, 0.1) is 23.7 Å². The van der Waals surface area contributed by atoms with E-state index in [0.29, 0.717) is 36.4 Å². The number of fused-ring (bicyclic) bond motifs is 1. The van der Waals surface area contributed by atoms with E-state index in [0.717, 1.165) is 17.7 Å². The molecule has 5 rings (SSSR count). The van der Waals surface area contributed by atoms with E-state index >= 15 is 0 Å². The van der Waals surface area contributed by atoms with E-state index in [2.05, 4.69) is 10.1 Å². The molecule has 3 aromatic heterocycles. The van der Waals surface area contributed by atoms with E-state index in [1.807, 2.05) is 13.2 Å². The highest BCUT2D eigenvalue weighted by Crippen LogP contribution is 2.37. The minimum absolute atomic E-state index is 0.00102. The predicted molar refractivity (Wildman–Crippen MR) is 118 cm³/mol. The Morgan fingerprint density at radius 3 is 2.73 bits per heavy atom. The highest BCUT2D eigenvalue weighted by molar-refractivity contribution is 6.31. The fourth-order valence-corrected chi connectivity index (χ4v) is 4.32. The van der Waals surface area contributed by atoms with Gasteiger partial charge in [-0.1, -0.05) is 11.6 Å². The van der Waals surface area contributed by atoms with Gasteiger partial charge in [0.1, 0.15) is 10.7 Å². The van der Waals surface area contributed by atoms with Gasteiger partial charge in [-0.3, -0.25) is 13.9 Å². The Balaban J connectivity index is 1.66. The second-order valence-electron chi connectivity index (χ2n) is 8.18. The summed E-state index contributed by atoms with van der Waals surface area (Å²) in [6.07, 6.45) is 6.46. The first kappa shape index (κ1) is 21.7. The molecule has 0 amide bonds. The smallest absolute Gasteiger partial charge is 0.277 e. The van der Waals surface area contributed by atoms with Gasteiger partial charge in [-0.15, -0.1) is 0 Å². The van der Waals surface area contributed by atoms with Crippen LogP contribution in [-0.4, -0.2) is 30.8 Å². The van der Waals surface area contributed by atoms with Gasteiger partial charge in [0.15, 0.2) is 17.3 Å². The van der Waals surface area contributed by atoms with Gasteiger partial charge >= 0.3 is 0 Å². The Kier molecular flexibility index (Phi) is 5.46. The molecule has 33 heavy (non-hydrogen) atoms. The zero-order valence-electron chi connectivity index (χ0n) is 17.9. The zero-order valence-corrected chi connectivity index (χ0v) is 18.7. The van der Waals surface area contributed by atoms with Crippen molar-refractivity contribution in [2.45, 2.75) is 31.8 Å². The predicted octanol–water partition coefficient (Wildman–Crippen LogP) is 4.37. The number of rotatable bonds is 3. The summed E-state index contributed by atoms with van der Waals surface area (Å²) in [5, 5.41) is 4.22. The third-order valence-electron chi connectivity index (χ3n) is 5.93. The Bertz CT molecular complexity index is 1430. The summed E-state index contributed by atoms with van der Waals surface area (Å²) in [5.74, 6) is -2.01. The lowest BCUT2D eigenvalue weighted by atomic mass is 9.90. The molecule has 1 saturated heterocycles. The molecule has 1 aliphatic rings. The number of benzene rings is 1. The van der Waals surface area contributed by atoms with Crippen molar-refractivity contribution >= 4 is 17.2 Å². The largest absolute Gasteiger partial charge is 0.373 e. The van der Waals surface area contributed by atoms with Crippen LogP contribution >= 0.6 is 11.6 Å². The number of aromatic nitrogens is 5. The second kappa shape index (κ2) is 8.31. The lowest BCUT2D eigenvalue weighted by molar-refractivity contribution is 0.00455. The summed E-state index contributed by atoms with van der Waals surface area (Å²) >= 11 is 6.19. The van der Waals surface area contributed by atoms with Crippen LogP contribution in [0.2, 0.25) is 5.02 Å². The van der Waals surface area contributed by atoms with Crippen LogP contribution in [0.25, 0.3) is 16.9 Å². The molecule has 4 aromatic rings. The topological polar surface area (TPSA) is 74.3 Å². The molecule has 0 bridgehead atoms. The normalized spacial score (nSPS) is 18.7. The zero-order chi connectivity index (χ0) is 23.3. The average Bonchev–Trinajstić information content (AvgIpc) is 3.25. The van der Waals surface area contributed by atoms with Crippen LogP contribution < -0.4 is 5.56 Å². The molecule has 0 spiro atoms. The van der Waals surface area contributed by atoms with Crippen LogP contribution in [0.5, 0.6) is 0 Å². The molecule has 7 nitrogen and oxygen atoms in total. The van der Waals surface area contributed by atoms with Gasteiger partial charge < -0.3 is 4.74 Å². The molecule has 2 unspecified atom stereocenters. The Hall–Kier alpha value is -3.17. The number of ether oxygens (including phenoxy) is 1. The van der Waals surface area contributed by atoms with Gasteiger partial charge in [0.25, 0.3) is 5.56 Å². The maximum atomic E-state index is 14.0. The molecule has 4 heterocycles. The van der Waals surface area contributed by atoms with Crippen LogP contribution in [0.3, 0.4) is 0 Å². The number of hydrogen-bond donors (Lipinski definition) is 0. The summed E-state index contributed by atoms with van der Waals surface area (Å²) in [7, 11) is 1.84. The number of nitrogens with zero attached hydrogens (tertiary/aromatic N) is 5. The number of hydrogen-bond acceptors (Lipinski definition) is 5. The van der Waals surface area contributed by atoms with E-state index in [1.54, 1.807) is 24.0 Å². The molecule has 1 aliphatic heterocycles. The quantitative estimate of drug-likeness (QED) is 0.443. The van der Waals surface area contributed by atoms with Crippen LogP contribution in [0, 0.1) is 18.6 Å². The molecular formula is C23H20ClF2N5O2. The summed E-state index contributed by atoms with van der Waals surface area (Å²) in [6, 6.07) is 3.51. The highest BCUT2D eigenvalue weighted by Gasteiger charge is 2.28. The first-order chi connectivity index (χ1) is 15.8. The van der Waals surface area contributed by atoms with E-state index in [9.17, 15) is 13.6 Å². The monoisotopic (exact) mass is 471 g/mol. The van der Waals surface area contributed by atoms with Crippen molar-refractivity contribution in [3.8, 4) is 11.3 Å². The van der Waals surface area contributed by atoms with Crippen molar-refractivity contribution in [2.75, 3.05) is 6.61 Å². The fourth-order valence-electron chi connectivity index (χ4n) is 4.18. The Morgan fingerprint density at radius 1 is 1.18 bits per heavy atom. The Morgan fingerprint density at radius 2 is 2.00 bits per heavy atom. The summed E-state index contributed by atoms with van der Waals surface area (Å²) in [5.41, 5.74) is 2.31. The molecule has 10 heteroatoms. The number of aryl methyl sites for hydroxylation is 2. The Labute approximate surface area is 192 Å². The van der Waals surface area contributed by atoms with Crippen LogP contribution in [0.1, 0.15) is 41.8 Å². The maximum absolute atomic E-state index is 14.0. The van der Waals surface area contributed by atoms with E-state index in [-0.39, 0.29) is 28.4 Å². The summed E-state index contributed by atoms with van der Waals surface area (Å²) < 4.78 is 36.6. The highest BCUT2D eigenvalue weighted by atomic mass is 35.5. The third kappa shape index (κ3) is 3.91. The van der Waals surface area contributed by atoms with E-state index in [1.165, 1.54) is 10.5 Å². The molecule has 0 aliphatic carbocycles. The average molecular weight is 472 g/mol. The van der Waals surface area contributed by atoms with Crippen molar-refractivity contribution in [3.05, 3.63) is 80.8 Å². The van der Waals surface area contributed by atoms with E-state index in [4.69, 9.17) is 21.3 Å². The molecule has 170 valence electrons. The summed E-state index contributed by atoms with van der Waals surface area (Å²) in [6.45, 7) is 2.12. The van der Waals surface area contributed by atoms with Crippen molar-refractivity contribution in [3.63, 3.8) is 0 Å². The lowest BCUT2D eigenvalue weighted by Crippen LogP contribution is -2.23. The fraction of sp³-hybridized carbons (Fsp3) is 0.304. The molecule has 1 aromatic carbocycles. The van der Waals surface area contributed by atoms with Gasteiger partial charge in [-0.2, -0.15) is 5.10 Å². The van der Waals surface area contributed by atoms with Gasteiger partial charge in [0.2, 0.25) is 0 Å². The van der Waals surface area contributed by atoms with Crippen molar-refractivity contribution < 1.29 is 13.5 Å². The first-order valence-electron chi connectivity index (χ1n) is 10.5.